The van der Waals surface area contributed by atoms with Gasteiger partial charge in [-0.05, 0) is 56.4 Å². The number of aryl methyl sites for hydroxylation is 2. The zero-order valence-electron chi connectivity index (χ0n) is 17.6. The number of amides is 3. The van der Waals surface area contributed by atoms with Gasteiger partial charge in [-0.25, -0.2) is 0 Å². The molecular formula is C23H27N3O4S. The summed E-state index contributed by atoms with van der Waals surface area (Å²) >= 11 is 1.52. The minimum atomic E-state index is -0.601. The maximum absolute atomic E-state index is 12.5. The number of anilines is 1. The summed E-state index contributed by atoms with van der Waals surface area (Å²) in [6.07, 6.45) is 6.29. The first-order valence-electron chi connectivity index (χ1n) is 10.8. The molecule has 0 bridgehead atoms. The van der Waals surface area contributed by atoms with Crippen molar-refractivity contribution in [2.45, 2.75) is 58.0 Å². The van der Waals surface area contributed by atoms with Crippen molar-refractivity contribution in [3.63, 3.8) is 0 Å². The number of hydrazine groups is 1. The quantitative estimate of drug-likeness (QED) is 0.712. The largest absolute Gasteiger partial charge is 0.479 e. The van der Waals surface area contributed by atoms with E-state index in [2.05, 4.69) is 10.9 Å². The number of ether oxygens (including phenoxy) is 1. The number of hydrogen-bond acceptors (Lipinski definition) is 5. The molecule has 1 aromatic heterocycles. The number of fused-ring (bicyclic) bond motifs is 2. The van der Waals surface area contributed by atoms with Crippen LogP contribution in [0.2, 0.25) is 0 Å². The fourth-order valence-corrected chi connectivity index (χ4v) is 5.16. The summed E-state index contributed by atoms with van der Waals surface area (Å²) in [7, 11) is 0. The minimum absolute atomic E-state index is 0.0635. The van der Waals surface area contributed by atoms with Crippen LogP contribution in [0.5, 0.6) is 5.75 Å². The summed E-state index contributed by atoms with van der Waals surface area (Å²) in [5.41, 5.74) is 6.90. The second-order valence-corrected chi connectivity index (χ2v) is 9.08. The molecule has 1 aliphatic carbocycles. The molecule has 2 heterocycles. The summed E-state index contributed by atoms with van der Waals surface area (Å²) in [5, 5.41) is 0. The molecule has 2 aromatic rings. The highest BCUT2D eigenvalue weighted by Crippen LogP contribution is 2.33. The summed E-state index contributed by atoms with van der Waals surface area (Å²) in [6.45, 7) is 1.90. The van der Waals surface area contributed by atoms with Gasteiger partial charge in [-0.1, -0.05) is 25.0 Å². The van der Waals surface area contributed by atoms with Gasteiger partial charge in [-0.2, -0.15) is 0 Å². The number of hydrogen-bond donors (Lipinski definition) is 2. The molecule has 7 nitrogen and oxygen atoms in total. The maximum atomic E-state index is 12.5. The molecule has 0 saturated heterocycles. The lowest BCUT2D eigenvalue weighted by atomic mass is 10.00. The van der Waals surface area contributed by atoms with Gasteiger partial charge in [0.05, 0.1) is 10.6 Å². The van der Waals surface area contributed by atoms with Crippen molar-refractivity contribution in [3.05, 3.63) is 45.6 Å². The Labute approximate surface area is 185 Å². The fourth-order valence-electron chi connectivity index (χ4n) is 4.01. The Hall–Kier alpha value is -2.87. The molecule has 0 fully saturated rings. The Morgan fingerprint density at radius 1 is 1.13 bits per heavy atom. The number of thiophene rings is 1. The van der Waals surface area contributed by atoms with Crippen LogP contribution in [-0.4, -0.2) is 30.4 Å². The molecule has 2 aliphatic rings. The first-order valence-corrected chi connectivity index (χ1v) is 11.6. The molecule has 8 heteroatoms. The van der Waals surface area contributed by atoms with Crippen LogP contribution in [0.3, 0.4) is 0 Å². The monoisotopic (exact) mass is 441 g/mol. The van der Waals surface area contributed by atoms with Crippen LogP contribution < -0.4 is 20.5 Å². The molecule has 1 aromatic carbocycles. The van der Waals surface area contributed by atoms with E-state index in [4.69, 9.17) is 4.74 Å². The van der Waals surface area contributed by atoms with Gasteiger partial charge in [0.25, 0.3) is 11.8 Å². The van der Waals surface area contributed by atoms with Crippen LogP contribution in [0.1, 0.15) is 59.1 Å². The van der Waals surface area contributed by atoms with Crippen molar-refractivity contribution in [3.8, 4) is 5.75 Å². The number of para-hydroxylation sites is 2. The van der Waals surface area contributed by atoms with Crippen molar-refractivity contribution >= 4 is 34.7 Å². The number of nitrogens with one attached hydrogen (secondary N) is 2. The predicted octanol–water partition coefficient (Wildman–Crippen LogP) is 3.37. The third-order valence-corrected chi connectivity index (χ3v) is 6.91. The SMILES string of the molecule is CC1Oc2ccccc2N(CCC(=O)NNC(=O)c2cc3c(s2)CCCCCC3)C1=O. The molecule has 1 atom stereocenters. The van der Waals surface area contributed by atoms with Crippen LogP contribution in [0.15, 0.2) is 30.3 Å². The van der Waals surface area contributed by atoms with E-state index in [1.165, 1.54) is 34.6 Å². The van der Waals surface area contributed by atoms with Crippen LogP contribution >= 0.6 is 11.3 Å². The van der Waals surface area contributed by atoms with E-state index in [9.17, 15) is 14.4 Å². The van der Waals surface area contributed by atoms with Gasteiger partial charge in [0, 0.05) is 17.8 Å². The average Bonchev–Trinajstić information content (AvgIpc) is 3.14. The zero-order chi connectivity index (χ0) is 21.8. The van der Waals surface area contributed by atoms with Crippen LogP contribution in [-0.2, 0) is 22.4 Å². The van der Waals surface area contributed by atoms with Crippen molar-refractivity contribution in [2.24, 2.45) is 0 Å². The topological polar surface area (TPSA) is 87.7 Å². The second kappa shape index (κ2) is 9.51. The van der Waals surface area contributed by atoms with E-state index in [0.29, 0.717) is 16.3 Å². The molecule has 2 N–H and O–H groups in total. The molecule has 31 heavy (non-hydrogen) atoms. The summed E-state index contributed by atoms with van der Waals surface area (Å²) in [4.78, 5) is 40.8. The highest BCUT2D eigenvalue weighted by atomic mass is 32.1. The predicted molar refractivity (Wildman–Crippen MR) is 119 cm³/mol. The molecule has 164 valence electrons. The Morgan fingerprint density at radius 2 is 1.90 bits per heavy atom. The van der Waals surface area contributed by atoms with E-state index in [1.54, 1.807) is 24.0 Å². The second-order valence-electron chi connectivity index (χ2n) is 7.94. The van der Waals surface area contributed by atoms with Crippen LogP contribution in [0.25, 0.3) is 0 Å². The Morgan fingerprint density at radius 3 is 2.74 bits per heavy atom. The Bertz CT molecular complexity index is 961. The van der Waals surface area contributed by atoms with Crippen LogP contribution in [0.4, 0.5) is 5.69 Å². The first-order chi connectivity index (χ1) is 15.0. The summed E-state index contributed by atoms with van der Waals surface area (Å²) in [6, 6.07) is 9.21. The highest BCUT2D eigenvalue weighted by molar-refractivity contribution is 7.14. The van der Waals surface area contributed by atoms with E-state index in [0.717, 1.165) is 25.7 Å². The van der Waals surface area contributed by atoms with Gasteiger partial charge in [0.1, 0.15) is 5.75 Å². The van der Waals surface area contributed by atoms with Gasteiger partial charge in [0.15, 0.2) is 6.10 Å². The number of carbonyl (C=O) groups is 3. The lowest BCUT2D eigenvalue weighted by molar-refractivity contribution is -0.125. The molecule has 4 rings (SSSR count). The van der Waals surface area contributed by atoms with E-state index < -0.39 is 6.10 Å². The molecule has 1 aliphatic heterocycles. The van der Waals surface area contributed by atoms with E-state index in [-0.39, 0.29) is 30.7 Å². The number of nitrogens with zero attached hydrogens (tertiary/aromatic N) is 1. The fraction of sp³-hybridized carbons (Fsp3) is 0.435. The molecule has 1 unspecified atom stereocenters. The normalized spacial score (nSPS) is 18.2. The van der Waals surface area contributed by atoms with E-state index in [1.807, 2.05) is 18.2 Å². The molecule has 0 saturated carbocycles. The molecule has 0 radical (unpaired) electrons. The first kappa shape index (κ1) is 21.4. The maximum Gasteiger partial charge on any atom is 0.279 e. The number of rotatable bonds is 4. The third kappa shape index (κ3) is 4.90. The lowest BCUT2D eigenvalue weighted by Gasteiger charge is -2.32. The standard InChI is InChI=1S/C23H27N3O4S/c1-15-23(29)26(17-9-6-7-10-18(17)30-15)13-12-21(27)24-25-22(28)20-14-16-8-4-2-3-5-11-19(16)31-20/h6-7,9-10,14-15H,2-5,8,11-13H2,1H3,(H,24,27)(H,25,28). The van der Waals surface area contributed by atoms with Crippen molar-refractivity contribution in [1.29, 1.82) is 0 Å². The number of carbonyl (C=O) groups excluding carboxylic acids is 3. The van der Waals surface area contributed by atoms with Crippen molar-refractivity contribution in [2.75, 3.05) is 11.4 Å². The number of benzene rings is 1. The Kier molecular flexibility index (Phi) is 6.56. The van der Waals surface area contributed by atoms with Gasteiger partial charge in [0.2, 0.25) is 5.91 Å². The minimum Gasteiger partial charge on any atom is -0.479 e. The van der Waals surface area contributed by atoms with Gasteiger partial charge in [-0.3, -0.25) is 25.2 Å². The highest BCUT2D eigenvalue weighted by Gasteiger charge is 2.31. The van der Waals surface area contributed by atoms with Gasteiger partial charge in [-0.15, -0.1) is 11.3 Å². The third-order valence-electron chi connectivity index (χ3n) is 5.67. The van der Waals surface area contributed by atoms with Crippen molar-refractivity contribution < 1.29 is 19.1 Å². The van der Waals surface area contributed by atoms with Gasteiger partial charge < -0.3 is 9.64 Å². The summed E-state index contributed by atoms with van der Waals surface area (Å²) in [5.74, 6) is -0.220. The molecular weight excluding hydrogens is 414 g/mol. The zero-order valence-corrected chi connectivity index (χ0v) is 18.4. The molecule has 3 amide bonds. The van der Waals surface area contributed by atoms with Crippen molar-refractivity contribution in [1.82, 2.24) is 10.9 Å². The average molecular weight is 442 g/mol. The van der Waals surface area contributed by atoms with Gasteiger partial charge >= 0.3 is 0 Å². The molecule has 0 spiro atoms. The van der Waals surface area contributed by atoms with Crippen LogP contribution in [0, 0.1) is 0 Å². The summed E-state index contributed by atoms with van der Waals surface area (Å²) < 4.78 is 5.61. The Balaban J connectivity index is 1.31. The smallest absolute Gasteiger partial charge is 0.279 e. The van der Waals surface area contributed by atoms with E-state index >= 15 is 0 Å². The lowest BCUT2D eigenvalue weighted by Crippen LogP contribution is -2.47.